The molecule has 0 fully saturated rings. The summed E-state index contributed by atoms with van der Waals surface area (Å²) in [6.45, 7) is 3.60. The molecule has 0 spiro atoms. The summed E-state index contributed by atoms with van der Waals surface area (Å²) in [6, 6.07) is 12.5. The molecular weight excluding hydrogens is 459 g/mol. The summed E-state index contributed by atoms with van der Waals surface area (Å²) in [4.78, 5) is 10.1. The van der Waals surface area contributed by atoms with Crippen molar-refractivity contribution in [2.24, 2.45) is 5.10 Å². The average molecular weight is 477 g/mol. The van der Waals surface area contributed by atoms with Crippen molar-refractivity contribution in [3.8, 4) is 0 Å². The summed E-state index contributed by atoms with van der Waals surface area (Å²) < 4.78 is 42.5. The maximum absolute atomic E-state index is 13.9. The number of rotatable bonds is 7. The number of nitrogens with zero attached hydrogens (tertiary/aromatic N) is 2. The first kappa shape index (κ1) is 23.2. The third kappa shape index (κ3) is 5.21. The van der Waals surface area contributed by atoms with Gasteiger partial charge in [0.25, 0.3) is 15.7 Å². The van der Waals surface area contributed by atoms with Crippen molar-refractivity contribution >= 4 is 44.9 Å². The number of hydrazone groups is 1. The first-order valence-electron chi connectivity index (χ1n) is 9.20. The van der Waals surface area contributed by atoms with Gasteiger partial charge in [-0.25, -0.2) is 12.8 Å². The first-order valence-corrected chi connectivity index (χ1v) is 11.1. The van der Waals surface area contributed by atoms with Gasteiger partial charge in [-0.1, -0.05) is 35.4 Å². The van der Waals surface area contributed by atoms with Crippen LogP contribution in [0.1, 0.15) is 16.7 Å². The lowest BCUT2D eigenvalue weighted by Crippen LogP contribution is -2.16. The maximum atomic E-state index is 13.9. The van der Waals surface area contributed by atoms with Crippen LogP contribution in [0, 0.1) is 29.8 Å². The van der Waals surface area contributed by atoms with E-state index < -0.39 is 31.3 Å². The van der Waals surface area contributed by atoms with Crippen LogP contribution in [0.15, 0.2) is 64.6 Å². The van der Waals surface area contributed by atoms with Gasteiger partial charge in [0, 0.05) is 17.7 Å². The molecule has 0 radical (unpaired) electrons. The Labute approximate surface area is 188 Å². The number of aryl methyl sites for hydroxylation is 2. The molecule has 0 unspecified atom stereocenters. The number of sulfonamides is 1. The van der Waals surface area contributed by atoms with E-state index in [9.17, 15) is 22.9 Å². The molecule has 0 aliphatic heterocycles. The highest BCUT2D eigenvalue weighted by molar-refractivity contribution is 7.92. The Morgan fingerprint density at radius 2 is 1.81 bits per heavy atom. The van der Waals surface area contributed by atoms with Crippen LogP contribution in [0.25, 0.3) is 0 Å². The SMILES string of the molecule is Cc1ccc(NS(=O)(=O)c2cc([N+](=O)[O-])ccc2N/N=C\c2c(F)cccc2Cl)c(C)c1. The standard InChI is InChI=1S/C21H18ClFN4O4S/c1-13-6-8-19(14(2)10-13)26-32(30,31)21-11-15(27(28)29)7-9-20(21)25-24-12-16-17(22)4-3-5-18(16)23/h3-12,25-26H,1-2H3/b24-12-. The normalized spacial score (nSPS) is 11.5. The molecule has 3 aromatic rings. The van der Waals surface area contributed by atoms with Gasteiger partial charge in [-0.15, -0.1) is 0 Å². The molecular formula is C21H18ClFN4O4S. The van der Waals surface area contributed by atoms with E-state index >= 15 is 0 Å². The molecule has 0 bridgehead atoms. The number of anilines is 2. The number of hydrogen-bond donors (Lipinski definition) is 2. The van der Waals surface area contributed by atoms with Gasteiger partial charge < -0.3 is 0 Å². The zero-order chi connectivity index (χ0) is 23.5. The van der Waals surface area contributed by atoms with Gasteiger partial charge in [-0.2, -0.15) is 5.10 Å². The Balaban J connectivity index is 1.99. The number of non-ortho nitro benzene ring substituents is 1. The summed E-state index contributed by atoms with van der Waals surface area (Å²) in [7, 11) is -4.24. The van der Waals surface area contributed by atoms with Crippen LogP contribution < -0.4 is 10.1 Å². The minimum atomic E-state index is -4.24. The molecule has 0 amide bonds. The number of nitrogens with one attached hydrogen (secondary N) is 2. The van der Waals surface area contributed by atoms with Crippen LogP contribution >= 0.6 is 11.6 Å². The molecule has 3 rings (SSSR count). The third-order valence-corrected chi connectivity index (χ3v) is 6.21. The summed E-state index contributed by atoms with van der Waals surface area (Å²) in [6.07, 6.45) is 1.09. The van der Waals surface area contributed by atoms with Crippen molar-refractivity contribution in [1.29, 1.82) is 0 Å². The summed E-state index contributed by atoms with van der Waals surface area (Å²) >= 11 is 5.95. The highest BCUT2D eigenvalue weighted by Crippen LogP contribution is 2.29. The van der Waals surface area contributed by atoms with Crippen LogP contribution in [0.3, 0.4) is 0 Å². The lowest BCUT2D eigenvalue weighted by molar-refractivity contribution is -0.385. The molecule has 32 heavy (non-hydrogen) atoms. The predicted octanol–water partition coefficient (Wildman–Crippen LogP) is 5.25. The zero-order valence-corrected chi connectivity index (χ0v) is 18.5. The van der Waals surface area contributed by atoms with Crippen LogP contribution in [0.4, 0.5) is 21.5 Å². The van der Waals surface area contributed by atoms with E-state index in [0.29, 0.717) is 11.3 Å². The van der Waals surface area contributed by atoms with Gasteiger partial charge >= 0.3 is 0 Å². The molecule has 0 heterocycles. The molecule has 0 saturated heterocycles. The number of nitro benzene ring substituents is 1. The van der Waals surface area contributed by atoms with E-state index in [4.69, 9.17) is 11.6 Å². The summed E-state index contributed by atoms with van der Waals surface area (Å²) in [5, 5.41) is 15.2. The Morgan fingerprint density at radius 1 is 1.09 bits per heavy atom. The van der Waals surface area contributed by atoms with Crippen LogP contribution in [0.2, 0.25) is 5.02 Å². The molecule has 0 aromatic heterocycles. The fourth-order valence-corrected chi connectivity index (χ4v) is 4.39. The van der Waals surface area contributed by atoms with Gasteiger partial charge in [0.2, 0.25) is 0 Å². The van der Waals surface area contributed by atoms with Crippen molar-refractivity contribution in [2.75, 3.05) is 10.1 Å². The lowest BCUT2D eigenvalue weighted by atomic mass is 10.1. The van der Waals surface area contributed by atoms with Gasteiger partial charge in [-0.3, -0.25) is 20.3 Å². The summed E-state index contributed by atoms with van der Waals surface area (Å²) in [5.41, 5.74) is 4.00. The maximum Gasteiger partial charge on any atom is 0.270 e. The molecule has 0 aliphatic carbocycles. The third-order valence-electron chi connectivity index (χ3n) is 4.47. The predicted molar refractivity (Wildman–Crippen MR) is 122 cm³/mol. The fourth-order valence-electron chi connectivity index (χ4n) is 2.87. The molecule has 2 N–H and O–H groups in total. The molecule has 8 nitrogen and oxygen atoms in total. The molecule has 3 aromatic carbocycles. The Kier molecular flexibility index (Phi) is 6.75. The minimum absolute atomic E-state index is 0.00129. The van der Waals surface area contributed by atoms with Gasteiger partial charge in [0.05, 0.1) is 27.5 Å². The second-order valence-corrected chi connectivity index (χ2v) is 8.92. The smallest absolute Gasteiger partial charge is 0.270 e. The van der Waals surface area contributed by atoms with Gasteiger partial charge in [0.1, 0.15) is 10.7 Å². The van der Waals surface area contributed by atoms with E-state index in [1.54, 1.807) is 25.1 Å². The quantitative estimate of drug-likeness (QED) is 0.274. The Morgan fingerprint density at radius 3 is 2.47 bits per heavy atom. The second kappa shape index (κ2) is 9.33. The molecule has 0 aliphatic rings. The first-order chi connectivity index (χ1) is 15.1. The van der Waals surface area contributed by atoms with Crippen molar-refractivity contribution in [2.45, 2.75) is 18.7 Å². The van der Waals surface area contributed by atoms with E-state index in [1.807, 2.05) is 6.92 Å². The minimum Gasteiger partial charge on any atom is -0.279 e. The topological polar surface area (TPSA) is 114 Å². The fraction of sp³-hybridized carbons (Fsp3) is 0.0952. The highest BCUT2D eigenvalue weighted by atomic mass is 35.5. The van der Waals surface area contributed by atoms with Crippen LogP contribution in [-0.4, -0.2) is 19.6 Å². The molecule has 0 saturated carbocycles. The zero-order valence-electron chi connectivity index (χ0n) is 17.0. The number of benzene rings is 3. The summed E-state index contributed by atoms with van der Waals surface area (Å²) in [5.74, 6) is -0.615. The van der Waals surface area contributed by atoms with Gasteiger partial charge in [0.15, 0.2) is 0 Å². The van der Waals surface area contributed by atoms with E-state index in [-0.39, 0.29) is 16.3 Å². The number of halogens is 2. The molecule has 0 atom stereocenters. The lowest BCUT2D eigenvalue weighted by Gasteiger charge is -2.14. The Hall–Kier alpha value is -3.50. The number of hydrogen-bond acceptors (Lipinski definition) is 6. The monoisotopic (exact) mass is 476 g/mol. The van der Waals surface area contributed by atoms with Crippen LogP contribution in [0.5, 0.6) is 0 Å². The van der Waals surface area contributed by atoms with E-state index in [1.165, 1.54) is 24.3 Å². The molecule has 166 valence electrons. The van der Waals surface area contributed by atoms with Crippen molar-refractivity contribution < 1.29 is 17.7 Å². The van der Waals surface area contributed by atoms with Crippen molar-refractivity contribution in [3.63, 3.8) is 0 Å². The number of nitro groups is 1. The Bertz CT molecular complexity index is 1310. The highest BCUT2D eigenvalue weighted by Gasteiger charge is 2.23. The average Bonchev–Trinajstić information content (AvgIpc) is 2.72. The van der Waals surface area contributed by atoms with Crippen molar-refractivity contribution in [1.82, 2.24) is 0 Å². The van der Waals surface area contributed by atoms with E-state index in [2.05, 4.69) is 15.2 Å². The van der Waals surface area contributed by atoms with Crippen molar-refractivity contribution in [3.05, 3.63) is 92.2 Å². The second-order valence-electron chi connectivity index (χ2n) is 6.87. The van der Waals surface area contributed by atoms with E-state index in [0.717, 1.165) is 23.9 Å². The van der Waals surface area contributed by atoms with Gasteiger partial charge in [-0.05, 0) is 43.7 Å². The molecule has 11 heteroatoms. The van der Waals surface area contributed by atoms with Crippen LogP contribution in [-0.2, 0) is 10.0 Å². The largest absolute Gasteiger partial charge is 0.279 e.